The van der Waals surface area contributed by atoms with E-state index in [-0.39, 0.29) is 5.97 Å². The summed E-state index contributed by atoms with van der Waals surface area (Å²) in [6, 6.07) is 15.1. The number of aryl methyl sites for hydroxylation is 1. The smallest absolute Gasteiger partial charge is 0.337 e. The zero-order chi connectivity index (χ0) is 15.2. The lowest BCUT2D eigenvalue weighted by Crippen LogP contribution is -2.04. The minimum atomic E-state index is -0.347. The molecule has 0 saturated carbocycles. The largest absolute Gasteiger partial charge is 0.465 e. The Hall–Kier alpha value is -2.80. The number of nitriles is 1. The lowest BCUT2D eigenvalue weighted by atomic mass is 10.1. The number of nitrogens with one attached hydrogen (secondary N) is 1. The van der Waals surface area contributed by atoms with Crippen molar-refractivity contribution in [2.45, 2.75) is 13.5 Å². The number of benzene rings is 2. The molecule has 2 aromatic rings. The number of carbonyl (C=O) groups is 1. The van der Waals surface area contributed by atoms with Gasteiger partial charge in [-0.3, -0.25) is 0 Å². The molecule has 0 heterocycles. The maximum Gasteiger partial charge on any atom is 0.337 e. The van der Waals surface area contributed by atoms with Gasteiger partial charge in [0.25, 0.3) is 0 Å². The highest BCUT2D eigenvalue weighted by Gasteiger charge is 2.06. The fourth-order valence-electron chi connectivity index (χ4n) is 2.04. The molecule has 0 aromatic heterocycles. The van der Waals surface area contributed by atoms with Gasteiger partial charge in [0.2, 0.25) is 0 Å². The fraction of sp³-hybridized carbons (Fsp3) is 0.176. The van der Waals surface area contributed by atoms with Crippen molar-refractivity contribution in [3.05, 3.63) is 64.7 Å². The third kappa shape index (κ3) is 3.40. The summed E-state index contributed by atoms with van der Waals surface area (Å²) in [7, 11) is 1.36. The minimum absolute atomic E-state index is 0.347. The summed E-state index contributed by atoms with van der Waals surface area (Å²) in [5, 5.41) is 12.4. The first-order chi connectivity index (χ1) is 10.2. The standard InChI is InChI=1S/C17H16N2O2/c1-12-4-3-5-16(15(12)10-18)19-11-13-6-8-14(9-7-13)17(20)21-2/h3-9,19H,11H2,1-2H3. The van der Waals surface area contributed by atoms with Crippen LogP contribution in [0.1, 0.15) is 27.0 Å². The van der Waals surface area contributed by atoms with Gasteiger partial charge in [-0.2, -0.15) is 5.26 Å². The molecule has 106 valence electrons. The molecule has 0 aliphatic heterocycles. The minimum Gasteiger partial charge on any atom is -0.465 e. The van der Waals surface area contributed by atoms with Crippen LogP contribution in [-0.2, 0) is 11.3 Å². The van der Waals surface area contributed by atoms with E-state index >= 15 is 0 Å². The van der Waals surface area contributed by atoms with Crippen LogP contribution < -0.4 is 5.32 Å². The molecule has 0 atom stereocenters. The van der Waals surface area contributed by atoms with E-state index in [1.807, 2.05) is 37.3 Å². The lowest BCUT2D eigenvalue weighted by Gasteiger charge is -2.10. The van der Waals surface area contributed by atoms with Gasteiger partial charge in [0.15, 0.2) is 0 Å². The maximum absolute atomic E-state index is 11.4. The van der Waals surface area contributed by atoms with Gasteiger partial charge in [-0.05, 0) is 36.2 Å². The van der Waals surface area contributed by atoms with Gasteiger partial charge in [-0.25, -0.2) is 4.79 Å². The molecule has 0 bridgehead atoms. The van der Waals surface area contributed by atoms with Crippen molar-refractivity contribution in [3.63, 3.8) is 0 Å². The molecule has 0 spiro atoms. The zero-order valence-electron chi connectivity index (χ0n) is 12.0. The predicted molar refractivity (Wildman–Crippen MR) is 81.0 cm³/mol. The Morgan fingerprint density at radius 2 is 1.95 bits per heavy atom. The van der Waals surface area contributed by atoms with Crippen molar-refractivity contribution in [1.29, 1.82) is 5.26 Å². The van der Waals surface area contributed by atoms with Crippen LogP contribution in [0.4, 0.5) is 5.69 Å². The number of esters is 1. The third-order valence-electron chi connectivity index (χ3n) is 3.24. The first-order valence-electron chi connectivity index (χ1n) is 6.56. The van der Waals surface area contributed by atoms with E-state index in [1.54, 1.807) is 12.1 Å². The zero-order valence-corrected chi connectivity index (χ0v) is 12.0. The van der Waals surface area contributed by atoms with Crippen molar-refractivity contribution < 1.29 is 9.53 Å². The van der Waals surface area contributed by atoms with Gasteiger partial charge in [0, 0.05) is 6.54 Å². The fourth-order valence-corrected chi connectivity index (χ4v) is 2.04. The van der Waals surface area contributed by atoms with Crippen LogP contribution >= 0.6 is 0 Å². The molecular weight excluding hydrogens is 264 g/mol. The molecule has 0 unspecified atom stereocenters. The predicted octanol–water partition coefficient (Wildman–Crippen LogP) is 3.27. The second-order valence-electron chi connectivity index (χ2n) is 4.65. The van der Waals surface area contributed by atoms with E-state index < -0.39 is 0 Å². The van der Waals surface area contributed by atoms with Gasteiger partial charge in [0.1, 0.15) is 6.07 Å². The molecule has 0 fully saturated rings. The highest BCUT2D eigenvalue weighted by molar-refractivity contribution is 5.89. The van der Waals surface area contributed by atoms with Crippen molar-refractivity contribution in [2.24, 2.45) is 0 Å². The quantitative estimate of drug-likeness (QED) is 0.873. The highest BCUT2D eigenvalue weighted by atomic mass is 16.5. The Bertz CT molecular complexity index is 685. The molecule has 0 amide bonds. The van der Waals surface area contributed by atoms with Gasteiger partial charge < -0.3 is 10.1 Å². The highest BCUT2D eigenvalue weighted by Crippen LogP contribution is 2.19. The average Bonchev–Trinajstić information content (AvgIpc) is 2.52. The summed E-state index contributed by atoms with van der Waals surface area (Å²) in [6.45, 7) is 2.49. The van der Waals surface area contributed by atoms with E-state index in [1.165, 1.54) is 7.11 Å². The first-order valence-corrected chi connectivity index (χ1v) is 6.56. The molecule has 4 heteroatoms. The normalized spacial score (nSPS) is 9.76. The SMILES string of the molecule is COC(=O)c1ccc(CNc2cccc(C)c2C#N)cc1. The third-order valence-corrected chi connectivity index (χ3v) is 3.24. The van der Waals surface area contributed by atoms with Crippen LogP contribution in [0.15, 0.2) is 42.5 Å². The monoisotopic (exact) mass is 280 g/mol. The lowest BCUT2D eigenvalue weighted by molar-refractivity contribution is 0.0600. The van der Waals surface area contributed by atoms with Gasteiger partial charge in [-0.15, -0.1) is 0 Å². The van der Waals surface area contributed by atoms with Crippen LogP contribution in [0.3, 0.4) is 0 Å². The molecule has 1 N–H and O–H groups in total. The maximum atomic E-state index is 11.4. The number of anilines is 1. The summed E-state index contributed by atoms with van der Waals surface area (Å²) < 4.78 is 4.66. The van der Waals surface area contributed by atoms with Gasteiger partial charge in [-0.1, -0.05) is 24.3 Å². The van der Waals surface area contributed by atoms with E-state index in [0.717, 1.165) is 16.8 Å². The Morgan fingerprint density at radius 1 is 1.24 bits per heavy atom. The molecule has 0 aliphatic carbocycles. The van der Waals surface area contributed by atoms with Crippen LogP contribution in [0.5, 0.6) is 0 Å². The summed E-state index contributed by atoms with van der Waals surface area (Å²) in [5.41, 5.74) is 3.96. The number of hydrogen-bond donors (Lipinski definition) is 1. The van der Waals surface area contributed by atoms with Crippen LogP contribution in [0.2, 0.25) is 0 Å². The van der Waals surface area contributed by atoms with Gasteiger partial charge in [0.05, 0.1) is 23.9 Å². The van der Waals surface area contributed by atoms with Crippen molar-refractivity contribution in [2.75, 3.05) is 12.4 Å². The average molecular weight is 280 g/mol. The molecule has 4 nitrogen and oxygen atoms in total. The second kappa shape index (κ2) is 6.58. The van der Waals surface area contributed by atoms with Crippen LogP contribution in [0.25, 0.3) is 0 Å². The summed E-state index contributed by atoms with van der Waals surface area (Å²) in [6.07, 6.45) is 0. The molecule has 0 radical (unpaired) electrons. The van der Waals surface area contributed by atoms with Crippen molar-refractivity contribution in [3.8, 4) is 6.07 Å². The summed E-state index contributed by atoms with van der Waals surface area (Å²) in [4.78, 5) is 11.4. The van der Waals surface area contributed by atoms with E-state index in [2.05, 4.69) is 16.1 Å². The van der Waals surface area contributed by atoms with E-state index in [9.17, 15) is 10.1 Å². The number of carbonyl (C=O) groups excluding carboxylic acids is 1. The molecule has 0 aliphatic rings. The van der Waals surface area contributed by atoms with Crippen LogP contribution in [-0.4, -0.2) is 13.1 Å². The summed E-state index contributed by atoms with van der Waals surface area (Å²) in [5.74, 6) is -0.347. The number of methoxy groups -OCH3 is 1. The van der Waals surface area contributed by atoms with Gasteiger partial charge >= 0.3 is 5.97 Å². The van der Waals surface area contributed by atoms with Crippen molar-refractivity contribution >= 4 is 11.7 Å². The Morgan fingerprint density at radius 3 is 2.57 bits per heavy atom. The van der Waals surface area contributed by atoms with E-state index in [4.69, 9.17) is 0 Å². The number of hydrogen-bond acceptors (Lipinski definition) is 4. The Balaban J connectivity index is 2.09. The summed E-state index contributed by atoms with van der Waals surface area (Å²) >= 11 is 0. The number of ether oxygens (including phenoxy) is 1. The Kier molecular flexibility index (Phi) is 4.57. The topological polar surface area (TPSA) is 62.1 Å². The molecule has 2 aromatic carbocycles. The Labute approximate surface area is 124 Å². The molecule has 2 rings (SSSR count). The van der Waals surface area contributed by atoms with Crippen molar-refractivity contribution in [1.82, 2.24) is 0 Å². The molecule has 0 saturated heterocycles. The van der Waals surface area contributed by atoms with E-state index in [0.29, 0.717) is 17.7 Å². The number of nitrogens with zero attached hydrogens (tertiary/aromatic N) is 1. The van der Waals surface area contributed by atoms with Crippen LogP contribution in [0, 0.1) is 18.3 Å². The second-order valence-corrected chi connectivity index (χ2v) is 4.65. The number of rotatable bonds is 4. The first kappa shape index (κ1) is 14.6. The molecular formula is C17H16N2O2. The molecule has 21 heavy (non-hydrogen) atoms.